The minimum absolute atomic E-state index is 0.0430. The Bertz CT molecular complexity index is 1730. The highest BCUT2D eigenvalue weighted by Crippen LogP contribution is 2.32. The lowest BCUT2D eigenvalue weighted by Gasteiger charge is -2.39. The fourth-order valence-corrected chi connectivity index (χ4v) is 6.03. The third-order valence-electron chi connectivity index (χ3n) is 8.36. The molecular weight excluding hydrogens is 518 g/mol. The van der Waals surface area contributed by atoms with Crippen molar-refractivity contribution < 1.29 is 9.21 Å². The van der Waals surface area contributed by atoms with Gasteiger partial charge in [-0.3, -0.25) is 9.69 Å². The number of Topliss-reactive ketones (excluding diaryl/α,β-unsaturated/α-hetero) is 1. The van der Waals surface area contributed by atoms with Crippen LogP contribution in [0.5, 0.6) is 0 Å². The summed E-state index contributed by atoms with van der Waals surface area (Å²) >= 11 is 0. The molecule has 0 amide bonds. The van der Waals surface area contributed by atoms with Gasteiger partial charge in [0.25, 0.3) is 0 Å². The van der Waals surface area contributed by atoms with Gasteiger partial charge in [-0.05, 0) is 57.5 Å². The van der Waals surface area contributed by atoms with Crippen LogP contribution in [0.15, 0.2) is 59.6 Å². The van der Waals surface area contributed by atoms with Crippen LogP contribution in [0.1, 0.15) is 41.1 Å². The minimum Gasteiger partial charge on any atom is -0.443 e. The Kier molecular flexibility index (Phi) is 6.23. The van der Waals surface area contributed by atoms with E-state index in [1.807, 2.05) is 41.8 Å². The Hall–Kier alpha value is -4.64. The standard InChI is InChI=1S/C30H31N9O2/c1-18-14-33-24-11-6-19(15-39(18)24)26-28(30-32-12-13-41-30)36-29(31)27(35-26)23(40)10-7-20-4-3-5-25(34-20)38-16-21-8-9-22(17-38)37(21)2/h3-6,11-15,21-22H,7-10,16-17H2,1-2H3,(H2,31,36)/t21-,22+. The zero-order valence-corrected chi connectivity index (χ0v) is 23.1. The van der Waals surface area contributed by atoms with E-state index in [0.717, 1.165) is 41.5 Å². The van der Waals surface area contributed by atoms with E-state index in [2.05, 4.69) is 37.9 Å². The first kappa shape index (κ1) is 25.3. The maximum Gasteiger partial charge on any atom is 0.247 e. The number of anilines is 2. The number of hydrogen-bond acceptors (Lipinski definition) is 10. The average Bonchev–Trinajstić information content (AvgIpc) is 3.69. The summed E-state index contributed by atoms with van der Waals surface area (Å²) in [6.07, 6.45) is 9.88. The van der Waals surface area contributed by atoms with Crippen LogP contribution in [-0.2, 0) is 6.42 Å². The predicted molar refractivity (Wildman–Crippen MR) is 155 cm³/mol. The van der Waals surface area contributed by atoms with Gasteiger partial charge in [-0.25, -0.2) is 24.9 Å². The van der Waals surface area contributed by atoms with Crippen LogP contribution < -0.4 is 10.6 Å². The first-order valence-electron chi connectivity index (χ1n) is 13.9. The van der Waals surface area contributed by atoms with Gasteiger partial charge in [0.2, 0.25) is 5.89 Å². The molecular formula is C30H31N9O2. The molecule has 0 radical (unpaired) electrons. The number of carbonyl (C=O) groups is 1. The molecule has 2 aliphatic heterocycles. The van der Waals surface area contributed by atoms with E-state index < -0.39 is 0 Å². The number of rotatable bonds is 7. The van der Waals surface area contributed by atoms with Crippen LogP contribution in [-0.4, -0.2) is 72.2 Å². The molecule has 5 aromatic rings. The quantitative estimate of drug-likeness (QED) is 0.299. The number of fused-ring (bicyclic) bond motifs is 3. The first-order valence-corrected chi connectivity index (χ1v) is 13.9. The molecule has 0 saturated carbocycles. The Morgan fingerprint density at radius 2 is 1.88 bits per heavy atom. The molecule has 2 saturated heterocycles. The molecule has 11 nitrogen and oxygen atoms in total. The van der Waals surface area contributed by atoms with Gasteiger partial charge >= 0.3 is 0 Å². The molecule has 7 heterocycles. The summed E-state index contributed by atoms with van der Waals surface area (Å²) < 4.78 is 7.49. The van der Waals surface area contributed by atoms with Gasteiger partial charge in [-0.1, -0.05) is 6.07 Å². The highest BCUT2D eigenvalue weighted by atomic mass is 16.3. The van der Waals surface area contributed by atoms with Crippen LogP contribution in [0.4, 0.5) is 11.6 Å². The topological polar surface area (TPSA) is 132 Å². The summed E-state index contributed by atoms with van der Waals surface area (Å²) in [5.41, 5.74) is 10.7. The van der Waals surface area contributed by atoms with Crippen molar-refractivity contribution in [3.05, 3.63) is 72.3 Å². The van der Waals surface area contributed by atoms with Crippen molar-refractivity contribution in [2.24, 2.45) is 0 Å². The molecule has 0 aromatic carbocycles. The van der Waals surface area contributed by atoms with Crippen LogP contribution in [0.3, 0.4) is 0 Å². The number of imidazole rings is 1. The third kappa shape index (κ3) is 4.61. The highest BCUT2D eigenvalue weighted by molar-refractivity contribution is 5.99. The fourth-order valence-electron chi connectivity index (χ4n) is 6.03. The average molecular weight is 550 g/mol. The van der Waals surface area contributed by atoms with Gasteiger partial charge in [-0.15, -0.1) is 0 Å². The van der Waals surface area contributed by atoms with E-state index in [0.29, 0.717) is 29.9 Å². The van der Waals surface area contributed by atoms with Gasteiger partial charge in [0.05, 0.1) is 6.20 Å². The van der Waals surface area contributed by atoms with Crippen LogP contribution >= 0.6 is 0 Å². The van der Waals surface area contributed by atoms with E-state index in [1.54, 1.807) is 6.20 Å². The fraction of sp³-hybridized carbons (Fsp3) is 0.333. The smallest absolute Gasteiger partial charge is 0.247 e. The number of carbonyl (C=O) groups excluding carboxylic acids is 1. The molecule has 2 aliphatic rings. The summed E-state index contributed by atoms with van der Waals surface area (Å²) in [5.74, 6) is 1.10. The maximum atomic E-state index is 13.5. The van der Waals surface area contributed by atoms with Crippen molar-refractivity contribution in [2.45, 2.75) is 44.7 Å². The molecule has 41 heavy (non-hydrogen) atoms. The third-order valence-corrected chi connectivity index (χ3v) is 8.36. The molecule has 208 valence electrons. The number of aryl methyl sites for hydroxylation is 2. The number of nitrogens with two attached hydrogens (primary N) is 1. The second-order valence-corrected chi connectivity index (χ2v) is 10.9. The minimum atomic E-state index is -0.195. The largest absolute Gasteiger partial charge is 0.443 e. The number of nitrogen functional groups attached to an aromatic ring is 1. The zero-order chi connectivity index (χ0) is 28.1. The van der Waals surface area contributed by atoms with E-state index in [4.69, 9.17) is 20.1 Å². The van der Waals surface area contributed by atoms with Crippen molar-refractivity contribution in [3.8, 4) is 22.8 Å². The number of hydrogen-bond donors (Lipinski definition) is 1. The Morgan fingerprint density at radius 3 is 2.66 bits per heavy atom. The Morgan fingerprint density at radius 1 is 1.05 bits per heavy atom. The summed E-state index contributed by atoms with van der Waals surface area (Å²) in [5, 5.41) is 0. The first-order chi connectivity index (χ1) is 19.9. The van der Waals surface area contributed by atoms with Gasteiger partial charge in [0, 0.05) is 60.9 Å². The molecule has 7 rings (SSSR count). The van der Waals surface area contributed by atoms with Crippen molar-refractivity contribution in [1.29, 1.82) is 0 Å². The second-order valence-electron chi connectivity index (χ2n) is 10.9. The molecule has 0 unspecified atom stereocenters. The SMILES string of the molecule is Cc1cnc2ccc(-c3nc(C(=O)CCc4cccc(N5C[C@H]6CC[C@@H](C5)N6C)n4)c(N)nc3-c3ncco3)cn12. The summed E-state index contributed by atoms with van der Waals surface area (Å²) in [7, 11) is 2.23. The monoisotopic (exact) mass is 549 g/mol. The lowest BCUT2D eigenvalue weighted by Crippen LogP contribution is -2.52. The number of piperazine rings is 1. The number of aromatic nitrogens is 6. The van der Waals surface area contributed by atoms with Crippen LogP contribution in [0, 0.1) is 6.92 Å². The van der Waals surface area contributed by atoms with E-state index >= 15 is 0 Å². The zero-order valence-electron chi connectivity index (χ0n) is 23.1. The molecule has 11 heteroatoms. The molecule has 2 fully saturated rings. The molecule has 0 aliphatic carbocycles. The van der Waals surface area contributed by atoms with Crippen molar-refractivity contribution >= 4 is 23.1 Å². The second kappa shape index (κ2) is 10.1. The molecule has 2 atom stereocenters. The normalized spacial score (nSPS) is 18.8. The van der Waals surface area contributed by atoms with E-state index in [9.17, 15) is 4.79 Å². The van der Waals surface area contributed by atoms with Gasteiger partial charge in [0.15, 0.2) is 17.3 Å². The molecule has 2 N–H and O–H groups in total. The number of ketones is 1. The lowest BCUT2D eigenvalue weighted by atomic mass is 10.1. The van der Waals surface area contributed by atoms with Gasteiger partial charge in [-0.2, -0.15) is 0 Å². The van der Waals surface area contributed by atoms with Crippen molar-refractivity contribution in [3.63, 3.8) is 0 Å². The van der Waals surface area contributed by atoms with E-state index in [1.165, 1.54) is 25.3 Å². The van der Waals surface area contributed by atoms with Gasteiger partial charge in [0.1, 0.15) is 29.1 Å². The van der Waals surface area contributed by atoms with Crippen molar-refractivity contribution in [2.75, 3.05) is 30.8 Å². The Balaban J connectivity index is 1.15. The number of pyridine rings is 2. The Labute approximate surface area is 237 Å². The predicted octanol–water partition coefficient (Wildman–Crippen LogP) is 3.83. The summed E-state index contributed by atoms with van der Waals surface area (Å²) in [6, 6.07) is 11.0. The van der Waals surface area contributed by atoms with Crippen LogP contribution in [0.2, 0.25) is 0 Å². The lowest BCUT2D eigenvalue weighted by molar-refractivity contribution is 0.0978. The molecule has 0 spiro atoms. The van der Waals surface area contributed by atoms with Crippen molar-refractivity contribution in [1.82, 2.24) is 34.2 Å². The molecule has 2 bridgehead atoms. The number of likely N-dealkylation sites (N-methyl/N-ethyl adjacent to an activating group) is 1. The summed E-state index contributed by atoms with van der Waals surface area (Å²) in [6.45, 7) is 3.94. The van der Waals surface area contributed by atoms with E-state index in [-0.39, 0.29) is 29.6 Å². The summed E-state index contributed by atoms with van der Waals surface area (Å²) in [4.78, 5) is 41.2. The number of oxazole rings is 1. The highest BCUT2D eigenvalue weighted by Gasteiger charge is 2.37. The van der Waals surface area contributed by atoms with Gasteiger partial charge < -0.3 is 19.5 Å². The maximum absolute atomic E-state index is 13.5. The van der Waals surface area contributed by atoms with Crippen LogP contribution in [0.25, 0.3) is 28.5 Å². The molecule has 5 aromatic heterocycles. The number of nitrogens with zero attached hydrogens (tertiary/aromatic N) is 8.